The van der Waals surface area contributed by atoms with E-state index in [9.17, 15) is 9.90 Å². The third-order valence-electron chi connectivity index (χ3n) is 2.39. The molecule has 0 aliphatic rings. The number of aliphatic hydroxyl groups excluding tert-OH is 1. The fourth-order valence-electron chi connectivity index (χ4n) is 1.27. The molecule has 6 heteroatoms. The summed E-state index contributed by atoms with van der Waals surface area (Å²) in [5.41, 5.74) is 11.8. The molecule has 2 unspecified atom stereocenters. The quantitative estimate of drug-likeness (QED) is 0.619. The first kappa shape index (κ1) is 13.8. The molecule has 1 rings (SSSR count). The fourth-order valence-corrected chi connectivity index (χ4v) is 1.44. The highest BCUT2D eigenvalue weighted by Crippen LogP contribution is 2.20. The second kappa shape index (κ2) is 5.86. The van der Waals surface area contributed by atoms with Gasteiger partial charge in [-0.1, -0.05) is 11.6 Å². The molecular formula is C11H16ClN3O2. The molecule has 94 valence electrons. The molecule has 0 radical (unpaired) electrons. The molecule has 0 aliphatic heterocycles. The number of carbonyl (C=O) groups excluding carboxylic acids is 1. The lowest BCUT2D eigenvalue weighted by atomic mass is 10.1. The second-order valence-electron chi connectivity index (χ2n) is 3.84. The van der Waals surface area contributed by atoms with Crippen molar-refractivity contribution >= 4 is 23.2 Å². The van der Waals surface area contributed by atoms with Crippen molar-refractivity contribution in [3.8, 4) is 0 Å². The van der Waals surface area contributed by atoms with Crippen LogP contribution in [-0.4, -0.2) is 29.7 Å². The SMILES string of the molecule is CC(O)C(N)CNc1ccc(Cl)cc1C(N)=O. The summed E-state index contributed by atoms with van der Waals surface area (Å²) < 4.78 is 0. The maximum atomic E-state index is 11.2. The lowest BCUT2D eigenvalue weighted by Gasteiger charge is -2.17. The Morgan fingerprint density at radius 1 is 1.59 bits per heavy atom. The van der Waals surface area contributed by atoms with Gasteiger partial charge in [-0.25, -0.2) is 0 Å². The Balaban J connectivity index is 2.80. The molecule has 0 aliphatic carbocycles. The average molecular weight is 258 g/mol. The number of nitrogens with two attached hydrogens (primary N) is 2. The lowest BCUT2D eigenvalue weighted by molar-refractivity contribution is 0.100. The van der Waals surface area contributed by atoms with Crippen molar-refractivity contribution in [3.05, 3.63) is 28.8 Å². The Morgan fingerprint density at radius 3 is 2.76 bits per heavy atom. The van der Waals surface area contributed by atoms with E-state index in [-0.39, 0.29) is 0 Å². The molecule has 0 heterocycles. The van der Waals surface area contributed by atoms with E-state index in [1.807, 2.05) is 0 Å². The average Bonchev–Trinajstić information content (AvgIpc) is 2.26. The monoisotopic (exact) mass is 257 g/mol. The first-order chi connectivity index (χ1) is 7.91. The molecule has 0 fully saturated rings. The number of hydrogen-bond acceptors (Lipinski definition) is 4. The van der Waals surface area contributed by atoms with Gasteiger partial charge in [0.25, 0.3) is 5.91 Å². The van der Waals surface area contributed by atoms with E-state index in [1.54, 1.807) is 19.1 Å². The largest absolute Gasteiger partial charge is 0.392 e. The molecule has 0 aromatic heterocycles. The smallest absolute Gasteiger partial charge is 0.250 e. The van der Waals surface area contributed by atoms with Gasteiger partial charge in [0.2, 0.25) is 0 Å². The van der Waals surface area contributed by atoms with E-state index in [0.717, 1.165) is 0 Å². The summed E-state index contributed by atoms with van der Waals surface area (Å²) in [6.45, 7) is 1.93. The van der Waals surface area contributed by atoms with Gasteiger partial charge in [0.15, 0.2) is 0 Å². The van der Waals surface area contributed by atoms with Gasteiger partial charge in [0, 0.05) is 23.3 Å². The van der Waals surface area contributed by atoms with Crippen molar-refractivity contribution in [1.82, 2.24) is 0 Å². The van der Waals surface area contributed by atoms with Gasteiger partial charge in [0.1, 0.15) is 0 Å². The van der Waals surface area contributed by atoms with E-state index in [2.05, 4.69) is 5.32 Å². The number of halogens is 1. The molecule has 1 amide bonds. The first-order valence-electron chi connectivity index (χ1n) is 5.18. The highest BCUT2D eigenvalue weighted by Gasteiger charge is 2.12. The molecule has 1 aromatic rings. The molecule has 0 saturated carbocycles. The van der Waals surface area contributed by atoms with E-state index >= 15 is 0 Å². The molecule has 2 atom stereocenters. The van der Waals surface area contributed by atoms with Crippen molar-refractivity contribution in [2.24, 2.45) is 11.5 Å². The van der Waals surface area contributed by atoms with Crippen LogP contribution in [0.4, 0.5) is 5.69 Å². The van der Waals surface area contributed by atoms with Gasteiger partial charge in [-0.3, -0.25) is 4.79 Å². The molecular weight excluding hydrogens is 242 g/mol. The van der Waals surface area contributed by atoms with Gasteiger partial charge < -0.3 is 21.9 Å². The molecule has 1 aromatic carbocycles. The maximum Gasteiger partial charge on any atom is 0.250 e. The highest BCUT2D eigenvalue weighted by molar-refractivity contribution is 6.31. The minimum Gasteiger partial charge on any atom is -0.392 e. The summed E-state index contributed by atoms with van der Waals surface area (Å²) >= 11 is 5.77. The minimum atomic E-state index is -0.633. The van der Waals surface area contributed by atoms with Crippen LogP contribution in [0.1, 0.15) is 17.3 Å². The van der Waals surface area contributed by atoms with Crippen LogP contribution in [0, 0.1) is 0 Å². The number of nitrogens with one attached hydrogen (secondary N) is 1. The van der Waals surface area contributed by atoms with Gasteiger partial charge >= 0.3 is 0 Å². The number of primary amides is 1. The summed E-state index contributed by atoms with van der Waals surface area (Å²) in [5.74, 6) is -0.569. The van der Waals surface area contributed by atoms with Crippen molar-refractivity contribution in [1.29, 1.82) is 0 Å². The summed E-state index contributed by atoms with van der Waals surface area (Å²) in [6, 6.07) is 4.35. The van der Waals surface area contributed by atoms with Crippen molar-refractivity contribution in [3.63, 3.8) is 0 Å². The number of carbonyl (C=O) groups is 1. The highest BCUT2D eigenvalue weighted by atomic mass is 35.5. The van der Waals surface area contributed by atoms with Crippen molar-refractivity contribution in [2.75, 3.05) is 11.9 Å². The predicted molar refractivity (Wildman–Crippen MR) is 68.1 cm³/mol. The van der Waals surface area contributed by atoms with Gasteiger partial charge in [-0.2, -0.15) is 0 Å². The Bertz CT molecular complexity index is 410. The third-order valence-corrected chi connectivity index (χ3v) is 2.63. The first-order valence-corrected chi connectivity index (χ1v) is 5.56. The van der Waals surface area contributed by atoms with Crippen LogP contribution in [-0.2, 0) is 0 Å². The zero-order chi connectivity index (χ0) is 13.0. The standard InChI is InChI=1S/C11H16ClN3O2/c1-6(16)9(13)5-15-10-3-2-7(12)4-8(10)11(14)17/h2-4,6,9,15-16H,5,13H2,1H3,(H2,14,17). The van der Waals surface area contributed by atoms with E-state index < -0.39 is 18.1 Å². The van der Waals surface area contributed by atoms with Gasteiger partial charge in [0.05, 0.1) is 11.7 Å². The molecule has 0 spiro atoms. The summed E-state index contributed by atoms with van der Waals surface area (Å²) in [5, 5.41) is 12.6. The molecule has 0 saturated heterocycles. The summed E-state index contributed by atoms with van der Waals surface area (Å²) in [4.78, 5) is 11.2. The lowest BCUT2D eigenvalue weighted by Crippen LogP contribution is -2.39. The van der Waals surface area contributed by atoms with Crippen molar-refractivity contribution in [2.45, 2.75) is 19.1 Å². The summed E-state index contributed by atoms with van der Waals surface area (Å²) in [7, 11) is 0. The molecule has 17 heavy (non-hydrogen) atoms. The van der Waals surface area contributed by atoms with Crippen LogP contribution in [0.15, 0.2) is 18.2 Å². The van der Waals surface area contributed by atoms with Crippen LogP contribution in [0.25, 0.3) is 0 Å². The Labute approximate surface area is 105 Å². The summed E-state index contributed by atoms with van der Waals surface area (Å²) in [6.07, 6.45) is -0.633. The number of aliphatic hydroxyl groups is 1. The van der Waals surface area contributed by atoms with E-state index in [1.165, 1.54) is 6.07 Å². The normalized spacial score (nSPS) is 14.1. The molecule has 0 bridgehead atoms. The Morgan fingerprint density at radius 2 is 2.24 bits per heavy atom. The zero-order valence-electron chi connectivity index (χ0n) is 9.48. The molecule has 5 nitrogen and oxygen atoms in total. The van der Waals surface area contributed by atoms with Crippen LogP contribution in [0.5, 0.6) is 0 Å². The predicted octanol–water partition coefficient (Wildman–Crippen LogP) is 0.559. The van der Waals surface area contributed by atoms with Crippen LogP contribution in [0.2, 0.25) is 5.02 Å². The van der Waals surface area contributed by atoms with Crippen LogP contribution >= 0.6 is 11.6 Å². The minimum absolute atomic E-state index is 0.301. The number of anilines is 1. The Hall–Kier alpha value is -1.30. The van der Waals surface area contributed by atoms with Crippen LogP contribution in [0.3, 0.4) is 0 Å². The van der Waals surface area contributed by atoms with Gasteiger partial charge in [-0.15, -0.1) is 0 Å². The van der Waals surface area contributed by atoms with E-state index in [4.69, 9.17) is 23.1 Å². The fraction of sp³-hybridized carbons (Fsp3) is 0.364. The van der Waals surface area contributed by atoms with Gasteiger partial charge in [-0.05, 0) is 25.1 Å². The third kappa shape index (κ3) is 3.89. The van der Waals surface area contributed by atoms with E-state index in [0.29, 0.717) is 22.8 Å². The van der Waals surface area contributed by atoms with Crippen LogP contribution < -0.4 is 16.8 Å². The van der Waals surface area contributed by atoms with Crippen molar-refractivity contribution < 1.29 is 9.90 Å². The molecule has 6 N–H and O–H groups in total. The maximum absolute atomic E-state index is 11.2. The number of benzene rings is 1. The second-order valence-corrected chi connectivity index (χ2v) is 4.28. The number of rotatable bonds is 5. The number of amides is 1. The topological polar surface area (TPSA) is 101 Å². The zero-order valence-corrected chi connectivity index (χ0v) is 10.2. The number of hydrogen-bond donors (Lipinski definition) is 4. The Kier molecular flexibility index (Phi) is 4.74.